The summed E-state index contributed by atoms with van der Waals surface area (Å²) in [4.78, 5) is 0. The summed E-state index contributed by atoms with van der Waals surface area (Å²) in [5.74, 6) is -1.80. The molecule has 1 saturated carbocycles. The number of benzene rings is 1. The van der Waals surface area contributed by atoms with Gasteiger partial charge in [0, 0.05) is 24.9 Å². The highest BCUT2D eigenvalue weighted by molar-refractivity contribution is 5.25. The Morgan fingerprint density at radius 3 is 2.76 bits per heavy atom. The third-order valence-electron chi connectivity index (χ3n) is 4.15. The normalized spacial score (nSPS) is 28.0. The molecule has 6 heteroatoms. The molecule has 0 bridgehead atoms. The van der Waals surface area contributed by atoms with E-state index in [1.165, 1.54) is 0 Å². The standard InChI is InChI=1S/C15H19F2NO3/c1-18-12-4-5-15(19-6-7-20-15)9-14(12)21-13-8-10(16)2-3-11(13)17/h2-3,8,12,14,18H,4-7,9H2,1H3. The van der Waals surface area contributed by atoms with Crippen LogP contribution in [0.15, 0.2) is 18.2 Å². The largest absolute Gasteiger partial charge is 0.485 e. The van der Waals surface area contributed by atoms with Gasteiger partial charge in [-0.2, -0.15) is 0 Å². The van der Waals surface area contributed by atoms with Crippen LogP contribution >= 0.6 is 0 Å². The topological polar surface area (TPSA) is 39.7 Å². The second kappa shape index (κ2) is 5.87. The second-order valence-corrected chi connectivity index (χ2v) is 5.48. The monoisotopic (exact) mass is 299 g/mol. The van der Waals surface area contributed by atoms with Crippen molar-refractivity contribution in [3.63, 3.8) is 0 Å². The van der Waals surface area contributed by atoms with Gasteiger partial charge in [-0.3, -0.25) is 0 Å². The van der Waals surface area contributed by atoms with Crippen LogP contribution in [0.1, 0.15) is 19.3 Å². The molecular formula is C15H19F2NO3. The van der Waals surface area contributed by atoms with Crippen LogP contribution in [0.4, 0.5) is 8.78 Å². The van der Waals surface area contributed by atoms with E-state index >= 15 is 0 Å². The number of nitrogens with one attached hydrogen (secondary N) is 1. The molecule has 1 aliphatic carbocycles. The Morgan fingerprint density at radius 2 is 2.05 bits per heavy atom. The predicted octanol–water partition coefficient (Wildman–Crippen LogP) is 2.23. The van der Waals surface area contributed by atoms with Crippen molar-refractivity contribution in [1.82, 2.24) is 5.32 Å². The molecule has 1 spiro atoms. The molecule has 2 unspecified atom stereocenters. The molecule has 4 nitrogen and oxygen atoms in total. The molecule has 1 aliphatic heterocycles. The van der Waals surface area contributed by atoms with Crippen LogP contribution in [0.3, 0.4) is 0 Å². The van der Waals surface area contributed by atoms with Crippen LogP contribution in [-0.4, -0.2) is 38.2 Å². The van der Waals surface area contributed by atoms with Gasteiger partial charge in [0.05, 0.1) is 13.2 Å². The van der Waals surface area contributed by atoms with E-state index in [0.717, 1.165) is 31.0 Å². The van der Waals surface area contributed by atoms with E-state index in [0.29, 0.717) is 19.6 Å². The van der Waals surface area contributed by atoms with Crippen LogP contribution < -0.4 is 10.1 Å². The van der Waals surface area contributed by atoms with Gasteiger partial charge in [0.2, 0.25) is 0 Å². The molecule has 1 heterocycles. The van der Waals surface area contributed by atoms with E-state index in [4.69, 9.17) is 14.2 Å². The fourth-order valence-electron chi connectivity index (χ4n) is 3.06. The molecule has 1 saturated heterocycles. The summed E-state index contributed by atoms with van der Waals surface area (Å²) in [6, 6.07) is 3.26. The molecule has 1 aromatic carbocycles. The van der Waals surface area contributed by atoms with Gasteiger partial charge >= 0.3 is 0 Å². The lowest BCUT2D eigenvalue weighted by molar-refractivity contribution is -0.197. The van der Waals surface area contributed by atoms with Crippen LogP contribution in [0.2, 0.25) is 0 Å². The minimum Gasteiger partial charge on any atom is -0.485 e. The predicted molar refractivity (Wildman–Crippen MR) is 72.1 cm³/mol. The molecule has 0 aromatic heterocycles. The maximum Gasteiger partial charge on any atom is 0.172 e. The van der Waals surface area contributed by atoms with Crippen LogP contribution in [0, 0.1) is 11.6 Å². The van der Waals surface area contributed by atoms with Gasteiger partial charge in [0.1, 0.15) is 11.9 Å². The van der Waals surface area contributed by atoms with Gasteiger partial charge in [0.25, 0.3) is 0 Å². The smallest absolute Gasteiger partial charge is 0.172 e. The van der Waals surface area contributed by atoms with E-state index in [9.17, 15) is 8.78 Å². The molecule has 0 radical (unpaired) electrons. The number of ether oxygens (including phenoxy) is 3. The summed E-state index contributed by atoms with van der Waals surface area (Å²) in [5.41, 5.74) is 0. The lowest BCUT2D eigenvalue weighted by Gasteiger charge is -2.40. The third-order valence-corrected chi connectivity index (χ3v) is 4.15. The zero-order valence-corrected chi connectivity index (χ0v) is 11.9. The first-order valence-corrected chi connectivity index (χ1v) is 7.19. The van der Waals surface area contributed by atoms with Crippen molar-refractivity contribution in [2.45, 2.75) is 37.2 Å². The minimum absolute atomic E-state index is 0.0473. The Morgan fingerprint density at radius 1 is 1.29 bits per heavy atom. The molecule has 0 amide bonds. The van der Waals surface area contributed by atoms with Crippen molar-refractivity contribution < 1.29 is 23.0 Å². The Balaban J connectivity index is 1.78. The second-order valence-electron chi connectivity index (χ2n) is 5.48. The molecular weight excluding hydrogens is 280 g/mol. The molecule has 1 N–H and O–H groups in total. The average molecular weight is 299 g/mol. The Bertz CT molecular complexity index is 506. The number of likely N-dealkylation sites (N-methyl/N-ethyl adjacent to an activating group) is 1. The highest BCUT2D eigenvalue weighted by Crippen LogP contribution is 2.37. The van der Waals surface area contributed by atoms with E-state index in [-0.39, 0.29) is 17.9 Å². The van der Waals surface area contributed by atoms with Crippen molar-refractivity contribution in [2.24, 2.45) is 0 Å². The SMILES string of the molecule is CNC1CCC2(CC1Oc1cc(F)ccc1F)OCCO2. The first-order valence-electron chi connectivity index (χ1n) is 7.19. The molecule has 2 fully saturated rings. The summed E-state index contributed by atoms with van der Waals surface area (Å²) >= 11 is 0. The van der Waals surface area contributed by atoms with Crippen LogP contribution in [0.5, 0.6) is 5.75 Å². The number of hydrogen-bond donors (Lipinski definition) is 1. The Labute approximate surface area is 122 Å². The van der Waals surface area contributed by atoms with E-state index in [2.05, 4.69) is 5.32 Å². The average Bonchev–Trinajstić information content (AvgIpc) is 2.91. The maximum atomic E-state index is 13.7. The number of halogens is 2. The zero-order valence-electron chi connectivity index (χ0n) is 11.9. The summed E-state index contributed by atoms with van der Waals surface area (Å²) in [6.07, 6.45) is 1.72. The van der Waals surface area contributed by atoms with Gasteiger partial charge in [-0.15, -0.1) is 0 Å². The fraction of sp³-hybridized carbons (Fsp3) is 0.600. The molecule has 3 rings (SSSR count). The van der Waals surface area contributed by atoms with Gasteiger partial charge in [-0.05, 0) is 25.6 Å². The fourth-order valence-corrected chi connectivity index (χ4v) is 3.06. The number of hydrogen-bond acceptors (Lipinski definition) is 4. The van der Waals surface area contributed by atoms with Gasteiger partial charge < -0.3 is 19.5 Å². The van der Waals surface area contributed by atoms with Crippen LogP contribution in [-0.2, 0) is 9.47 Å². The first kappa shape index (κ1) is 14.7. The Kier molecular flexibility index (Phi) is 4.10. The van der Waals surface area contributed by atoms with E-state index < -0.39 is 17.4 Å². The highest BCUT2D eigenvalue weighted by atomic mass is 19.1. The summed E-state index contributed by atoms with van der Waals surface area (Å²) in [7, 11) is 1.83. The number of rotatable bonds is 3. The van der Waals surface area contributed by atoms with Crippen LogP contribution in [0.25, 0.3) is 0 Å². The van der Waals surface area contributed by atoms with Crippen molar-refractivity contribution in [3.05, 3.63) is 29.8 Å². The molecule has 2 atom stereocenters. The molecule has 1 aromatic rings. The van der Waals surface area contributed by atoms with Gasteiger partial charge in [0.15, 0.2) is 17.4 Å². The van der Waals surface area contributed by atoms with Crippen molar-refractivity contribution in [2.75, 3.05) is 20.3 Å². The van der Waals surface area contributed by atoms with Gasteiger partial charge in [-0.25, -0.2) is 8.78 Å². The van der Waals surface area contributed by atoms with E-state index in [1.807, 2.05) is 7.05 Å². The summed E-state index contributed by atoms with van der Waals surface area (Å²) in [6.45, 7) is 1.12. The maximum absolute atomic E-state index is 13.7. The van der Waals surface area contributed by atoms with E-state index in [1.54, 1.807) is 0 Å². The van der Waals surface area contributed by atoms with Crippen molar-refractivity contribution in [3.8, 4) is 5.75 Å². The quantitative estimate of drug-likeness (QED) is 0.929. The molecule has 21 heavy (non-hydrogen) atoms. The lowest BCUT2D eigenvalue weighted by atomic mass is 9.87. The molecule has 116 valence electrons. The minimum atomic E-state index is -0.637. The van der Waals surface area contributed by atoms with Crippen molar-refractivity contribution >= 4 is 0 Å². The lowest BCUT2D eigenvalue weighted by Crippen LogP contribution is -2.52. The highest BCUT2D eigenvalue weighted by Gasteiger charge is 2.46. The summed E-state index contributed by atoms with van der Waals surface area (Å²) < 4.78 is 44.1. The first-order chi connectivity index (χ1) is 10.1. The molecule has 2 aliphatic rings. The van der Waals surface area contributed by atoms with Gasteiger partial charge in [-0.1, -0.05) is 0 Å². The zero-order chi connectivity index (χ0) is 14.9. The summed E-state index contributed by atoms with van der Waals surface area (Å²) in [5, 5.41) is 3.16. The Hall–Kier alpha value is -1.24. The third kappa shape index (κ3) is 3.02. The van der Waals surface area contributed by atoms with Crippen molar-refractivity contribution in [1.29, 1.82) is 0 Å².